The van der Waals surface area contributed by atoms with E-state index in [9.17, 15) is 4.79 Å². The first kappa shape index (κ1) is 26.5. The maximum absolute atomic E-state index is 12.6. The highest BCUT2D eigenvalue weighted by Crippen LogP contribution is 2.30. The monoisotopic (exact) mass is 462 g/mol. The molecule has 3 rings (SSSR count). The number of hydrogen-bond acceptors (Lipinski definition) is 3. The highest BCUT2D eigenvalue weighted by atomic mass is 32.2. The van der Waals surface area contributed by atoms with Crippen LogP contribution in [0.15, 0.2) is 90.5 Å². The zero-order valence-electron chi connectivity index (χ0n) is 20.5. The van der Waals surface area contributed by atoms with E-state index in [1.165, 1.54) is 11.1 Å². The van der Waals surface area contributed by atoms with Crippen LogP contribution in [0.2, 0.25) is 0 Å². The third-order valence-electron chi connectivity index (χ3n) is 5.39. The average molecular weight is 463 g/mol. The molecule has 0 spiro atoms. The van der Waals surface area contributed by atoms with Gasteiger partial charge in [0.15, 0.2) is 0 Å². The summed E-state index contributed by atoms with van der Waals surface area (Å²) in [4.78, 5) is 15.6. The molecule has 0 N–H and O–H groups in total. The summed E-state index contributed by atoms with van der Waals surface area (Å²) in [5.41, 5.74) is 3.24. The van der Waals surface area contributed by atoms with Gasteiger partial charge in [-0.3, -0.25) is 4.79 Å². The van der Waals surface area contributed by atoms with Crippen molar-refractivity contribution in [3.05, 3.63) is 96.7 Å². The van der Waals surface area contributed by atoms with Crippen LogP contribution in [0.4, 0.5) is 0 Å². The van der Waals surface area contributed by atoms with Crippen molar-refractivity contribution >= 4 is 23.4 Å². The summed E-state index contributed by atoms with van der Waals surface area (Å²) >= 11 is 1.66. The van der Waals surface area contributed by atoms with E-state index in [2.05, 4.69) is 67.3 Å². The fourth-order valence-corrected chi connectivity index (χ4v) is 4.65. The first-order chi connectivity index (χ1) is 16.1. The van der Waals surface area contributed by atoms with Gasteiger partial charge in [0.25, 0.3) is 5.91 Å². The van der Waals surface area contributed by atoms with Gasteiger partial charge in [0, 0.05) is 42.2 Å². The maximum atomic E-state index is 12.6. The Bertz CT molecular complexity index is 912. The molecule has 1 unspecified atom stereocenters. The molecular weight excluding hydrogens is 424 g/mol. The van der Waals surface area contributed by atoms with Crippen LogP contribution in [0.3, 0.4) is 0 Å². The Morgan fingerprint density at radius 2 is 1.70 bits per heavy atom. The predicted octanol–water partition coefficient (Wildman–Crippen LogP) is 7.70. The molecule has 2 aromatic rings. The number of likely N-dealkylation sites (tertiary alicyclic amines) is 1. The van der Waals surface area contributed by atoms with E-state index in [1.807, 2.05) is 55.2 Å². The van der Waals surface area contributed by atoms with Gasteiger partial charge in [0.2, 0.25) is 0 Å². The molecule has 176 valence electrons. The van der Waals surface area contributed by atoms with E-state index in [1.54, 1.807) is 11.9 Å². The Hall–Kier alpha value is -2.72. The molecule has 1 heterocycles. The molecule has 4 heteroatoms. The van der Waals surface area contributed by atoms with Crippen molar-refractivity contribution in [1.82, 2.24) is 9.21 Å². The van der Waals surface area contributed by atoms with Gasteiger partial charge < -0.3 is 9.21 Å². The maximum Gasteiger partial charge on any atom is 0.253 e. The van der Waals surface area contributed by atoms with E-state index < -0.39 is 0 Å². The van der Waals surface area contributed by atoms with Gasteiger partial charge in [0.1, 0.15) is 0 Å². The van der Waals surface area contributed by atoms with Crippen LogP contribution in [-0.4, -0.2) is 34.7 Å². The summed E-state index contributed by atoms with van der Waals surface area (Å²) in [5.74, 6) is 0.434. The number of allylic oxidation sites excluding steroid dienone is 3. The summed E-state index contributed by atoms with van der Waals surface area (Å²) in [6.45, 7) is 14.7. The van der Waals surface area contributed by atoms with Crippen LogP contribution in [-0.2, 0) is 0 Å². The summed E-state index contributed by atoms with van der Waals surface area (Å²) < 4.78 is 2.20. The van der Waals surface area contributed by atoms with Crippen molar-refractivity contribution in [2.24, 2.45) is 5.92 Å². The number of carbonyl (C=O) groups is 1. The minimum atomic E-state index is 0.142. The third kappa shape index (κ3) is 7.97. The first-order valence-electron chi connectivity index (χ1n) is 12.0. The van der Waals surface area contributed by atoms with Gasteiger partial charge in [-0.25, -0.2) is 0 Å². The lowest BCUT2D eigenvalue weighted by atomic mass is 9.94. The largest absolute Gasteiger partial charge is 0.339 e. The number of nitrogens with zero attached hydrogens (tertiary/aromatic N) is 2. The van der Waals surface area contributed by atoms with Crippen LogP contribution in [0.5, 0.6) is 0 Å². The molecule has 2 aromatic carbocycles. The molecule has 0 saturated carbocycles. The van der Waals surface area contributed by atoms with Crippen molar-refractivity contribution in [3.8, 4) is 0 Å². The quantitative estimate of drug-likeness (QED) is 0.282. The zero-order valence-corrected chi connectivity index (χ0v) is 21.4. The lowest BCUT2D eigenvalue weighted by Crippen LogP contribution is -2.27. The molecular formula is C29H38N2OS. The fraction of sp³-hybridized carbons (Fsp3) is 0.345. The number of benzene rings is 2. The van der Waals surface area contributed by atoms with Gasteiger partial charge in [-0.05, 0) is 67.1 Å². The third-order valence-corrected chi connectivity index (χ3v) is 6.36. The molecule has 1 aliphatic rings. The Morgan fingerprint density at radius 1 is 1.06 bits per heavy atom. The lowest BCUT2D eigenvalue weighted by Gasteiger charge is -2.22. The Kier molecular flexibility index (Phi) is 11.6. The van der Waals surface area contributed by atoms with Gasteiger partial charge in [-0.15, -0.1) is 6.58 Å². The van der Waals surface area contributed by atoms with Gasteiger partial charge in [0.05, 0.1) is 0 Å². The van der Waals surface area contributed by atoms with Crippen molar-refractivity contribution in [1.29, 1.82) is 0 Å². The average Bonchev–Trinajstić information content (AvgIpc) is 3.40. The van der Waals surface area contributed by atoms with Gasteiger partial charge in [-0.1, -0.05) is 69.3 Å². The molecule has 1 amide bonds. The number of carbonyl (C=O) groups excluding carboxylic acids is 1. The van der Waals surface area contributed by atoms with Crippen LogP contribution in [0.1, 0.15) is 56.5 Å². The highest BCUT2D eigenvalue weighted by molar-refractivity contribution is 7.97. The topological polar surface area (TPSA) is 23.6 Å². The van der Waals surface area contributed by atoms with E-state index in [4.69, 9.17) is 0 Å². The smallest absolute Gasteiger partial charge is 0.253 e. The molecule has 0 aromatic heterocycles. The second kappa shape index (κ2) is 14.4. The van der Waals surface area contributed by atoms with Gasteiger partial charge >= 0.3 is 0 Å². The van der Waals surface area contributed by atoms with E-state index in [-0.39, 0.29) is 5.91 Å². The molecule has 1 aliphatic heterocycles. The Labute approximate surface area is 205 Å². The molecule has 1 saturated heterocycles. The minimum absolute atomic E-state index is 0.142. The fourth-order valence-electron chi connectivity index (χ4n) is 3.77. The normalized spacial score (nSPS) is 14.5. The zero-order chi connectivity index (χ0) is 24.1. The lowest BCUT2D eigenvalue weighted by molar-refractivity contribution is 0.0792. The number of hydrogen-bond donors (Lipinski definition) is 0. The molecule has 1 atom stereocenters. The second-order valence-electron chi connectivity index (χ2n) is 7.77. The minimum Gasteiger partial charge on any atom is -0.339 e. The van der Waals surface area contributed by atoms with Crippen molar-refractivity contribution in [2.75, 3.05) is 19.6 Å². The van der Waals surface area contributed by atoms with Gasteiger partial charge in [-0.2, -0.15) is 0 Å². The van der Waals surface area contributed by atoms with Crippen molar-refractivity contribution in [2.45, 2.75) is 45.4 Å². The van der Waals surface area contributed by atoms with Crippen LogP contribution in [0.25, 0.3) is 5.57 Å². The second-order valence-corrected chi connectivity index (χ2v) is 8.89. The highest BCUT2D eigenvalue weighted by Gasteiger charge is 2.19. The predicted molar refractivity (Wildman–Crippen MR) is 144 cm³/mol. The van der Waals surface area contributed by atoms with Crippen molar-refractivity contribution < 1.29 is 4.79 Å². The van der Waals surface area contributed by atoms with Crippen LogP contribution < -0.4 is 0 Å². The van der Waals surface area contributed by atoms with E-state index in [0.717, 1.165) is 42.9 Å². The summed E-state index contributed by atoms with van der Waals surface area (Å²) in [7, 11) is 0. The molecule has 0 bridgehead atoms. The van der Waals surface area contributed by atoms with E-state index >= 15 is 0 Å². The van der Waals surface area contributed by atoms with Crippen molar-refractivity contribution in [3.63, 3.8) is 0 Å². The first-order valence-corrected chi connectivity index (χ1v) is 12.7. The summed E-state index contributed by atoms with van der Waals surface area (Å²) in [6, 6.07) is 18.5. The molecule has 0 radical (unpaired) electrons. The van der Waals surface area contributed by atoms with E-state index in [0.29, 0.717) is 5.92 Å². The SMILES string of the molecule is C=CCN(/C=C(/c1ccccc1)C(C)/C=C\C)Sc1ccc(C(=O)N2CCCC2)cc1.CC. The molecule has 3 nitrogen and oxygen atoms in total. The standard InChI is InChI=1S/C27H32N2OS.C2H6/c1-4-11-22(3)26(23-12-7-6-8-13-23)21-29(18-5-2)31-25-16-14-24(15-17-25)27(30)28-19-9-10-20-28;1-2/h4-8,11-17,21-22H,2,9-10,18-20H2,1,3H3;1-2H3/b11-4-,26-21+;. The molecule has 0 aliphatic carbocycles. The molecule has 33 heavy (non-hydrogen) atoms. The van der Waals surface area contributed by atoms with Crippen LogP contribution in [0, 0.1) is 5.92 Å². The molecule has 1 fully saturated rings. The number of rotatable bonds is 9. The van der Waals surface area contributed by atoms with Crippen LogP contribution >= 0.6 is 11.9 Å². The number of amides is 1. The Morgan fingerprint density at radius 3 is 2.27 bits per heavy atom. The Balaban J connectivity index is 0.00000187. The summed E-state index contributed by atoms with van der Waals surface area (Å²) in [6.07, 6.45) is 10.7. The summed E-state index contributed by atoms with van der Waals surface area (Å²) in [5, 5.41) is 0.